The first-order valence-corrected chi connectivity index (χ1v) is 20.4. The Kier molecular flexibility index (Phi) is 11.8. The van der Waals surface area contributed by atoms with Crippen molar-refractivity contribution in [2.24, 2.45) is 0 Å². The molecule has 0 spiro atoms. The fourth-order valence-corrected chi connectivity index (χ4v) is 7.74. The number of anilines is 1. The minimum absolute atomic E-state index is 0.196. The monoisotopic (exact) mass is 826 g/mol. The van der Waals surface area contributed by atoms with Crippen LogP contribution in [0, 0.1) is 20.8 Å². The molecule has 3 amide bonds. The second-order valence-corrected chi connectivity index (χ2v) is 15.9. The van der Waals surface area contributed by atoms with E-state index in [-0.39, 0.29) is 18.6 Å². The maximum absolute atomic E-state index is 13.9. The van der Waals surface area contributed by atoms with Crippen molar-refractivity contribution in [2.45, 2.75) is 58.9 Å². The first-order chi connectivity index (χ1) is 28.6. The normalized spacial score (nSPS) is 15.6. The predicted molar refractivity (Wildman–Crippen MR) is 232 cm³/mol. The van der Waals surface area contributed by atoms with Crippen molar-refractivity contribution in [1.82, 2.24) is 15.2 Å². The van der Waals surface area contributed by atoms with Crippen LogP contribution in [0.3, 0.4) is 0 Å². The van der Waals surface area contributed by atoms with E-state index in [1.807, 2.05) is 80.7 Å². The Morgan fingerprint density at radius 1 is 0.847 bits per heavy atom. The van der Waals surface area contributed by atoms with Crippen LogP contribution in [0.2, 0.25) is 10.0 Å². The fourth-order valence-electron chi connectivity index (χ4n) is 7.41. The molecular formula is C48H44Cl2N4O5. The summed E-state index contributed by atoms with van der Waals surface area (Å²) in [5.41, 5.74) is 10.9. The molecule has 0 fully saturated rings. The Hall–Kier alpha value is -6.03. The summed E-state index contributed by atoms with van der Waals surface area (Å²) in [5.74, 6) is 1.69. The highest BCUT2D eigenvalue weighted by Crippen LogP contribution is 2.41. The van der Waals surface area contributed by atoms with E-state index >= 15 is 0 Å². The Labute approximate surface area is 354 Å². The van der Waals surface area contributed by atoms with Crippen molar-refractivity contribution < 1.29 is 23.8 Å². The number of hydrogen-bond acceptors (Lipinski definition) is 6. The number of benzene rings is 5. The molecule has 2 aliphatic heterocycles. The third-order valence-electron chi connectivity index (χ3n) is 11.0. The van der Waals surface area contributed by atoms with Crippen molar-refractivity contribution in [1.29, 1.82) is 0 Å². The molecule has 8 rings (SSSR count). The number of aryl methyl sites for hydroxylation is 2. The van der Waals surface area contributed by atoms with Gasteiger partial charge in [-0.25, -0.2) is 4.79 Å². The summed E-state index contributed by atoms with van der Waals surface area (Å²) in [6.45, 7) is 7.40. The number of ether oxygens (including phenoxy) is 3. The summed E-state index contributed by atoms with van der Waals surface area (Å²) in [6, 6.07) is 33.7. The van der Waals surface area contributed by atoms with Gasteiger partial charge in [0.1, 0.15) is 25.0 Å². The number of nitrogens with one attached hydrogen (secondary N) is 2. The lowest BCUT2D eigenvalue weighted by Crippen LogP contribution is -2.54. The zero-order valence-corrected chi connectivity index (χ0v) is 34.6. The first kappa shape index (κ1) is 39.8. The number of carbonyl (C=O) groups is 2. The third-order valence-corrected chi connectivity index (χ3v) is 11.7. The molecule has 0 aliphatic carbocycles. The summed E-state index contributed by atoms with van der Waals surface area (Å²) in [6.07, 6.45) is 2.43. The van der Waals surface area contributed by atoms with E-state index in [0.29, 0.717) is 59.8 Å². The van der Waals surface area contributed by atoms with E-state index in [2.05, 4.69) is 46.8 Å². The van der Waals surface area contributed by atoms with Crippen LogP contribution in [0.4, 0.5) is 10.5 Å². The van der Waals surface area contributed by atoms with Crippen molar-refractivity contribution in [3.63, 3.8) is 0 Å². The fraction of sp³-hybridized carbons (Fsp3) is 0.229. The minimum atomic E-state index is -0.755. The van der Waals surface area contributed by atoms with Crippen LogP contribution in [0.5, 0.6) is 17.2 Å². The van der Waals surface area contributed by atoms with Gasteiger partial charge in [-0.3, -0.25) is 9.78 Å². The molecule has 6 aromatic rings. The van der Waals surface area contributed by atoms with Gasteiger partial charge in [-0.05, 0) is 138 Å². The molecule has 2 unspecified atom stereocenters. The number of rotatable bonds is 10. The Bertz CT molecular complexity index is 2490. The molecule has 11 heteroatoms. The SMILES string of the molecule is Cc1ccc(COc2ccc(C3COc4cc5c(cc4O3)CN(C(=O)Nc3ccc(Cl)cc3)C(C(=O)NCCc3ccc(-c4ccnc(C)c4C)cc3)C5)cc2)cc1Cl. The number of pyridine rings is 1. The molecule has 3 heterocycles. The smallest absolute Gasteiger partial charge is 0.322 e. The number of aromatic nitrogens is 1. The molecule has 0 radical (unpaired) electrons. The van der Waals surface area contributed by atoms with Crippen molar-refractivity contribution in [3.05, 3.63) is 170 Å². The lowest BCUT2D eigenvalue weighted by molar-refractivity contribution is -0.125. The summed E-state index contributed by atoms with van der Waals surface area (Å²) >= 11 is 12.4. The quantitative estimate of drug-likeness (QED) is 0.143. The molecule has 9 nitrogen and oxygen atoms in total. The minimum Gasteiger partial charge on any atom is -0.489 e. The van der Waals surface area contributed by atoms with Gasteiger partial charge in [-0.2, -0.15) is 0 Å². The number of halogens is 2. The zero-order chi connectivity index (χ0) is 41.0. The van der Waals surface area contributed by atoms with Gasteiger partial charge in [0, 0.05) is 47.1 Å². The molecule has 2 aliphatic rings. The molecule has 2 N–H and O–H groups in total. The number of carbonyl (C=O) groups excluding carboxylic acids is 2. The maximum atomic E-state index is 13.9. The van der Waals surface area contributed by atoms with Crippen LogP contribution in [-0.4, -0.2) is 41.0 Å². The standard InChI is InChI=1S/C48H44Cl2N4O5/c1-29-4-5-33(22-42(29)50)27-57-40-16-10-35(11-17-40)46-28-58-44-24-36-23-43(54(26-37(36)25-45(44)59-46)48(56)53-39-14-12-38(49)13-15-39)47(55)52-20-18-32-6-8-34(9-7-32)41-19-21-51-31(3)30(41)2/h4-17,19,21-22,24-25,43,46H,18,20,23,26-28H2,1-3H3,(H,52,55)(H,53,56). The van der Waals surface area contributed by atoms with Crippen LogP contribution >= 0.6 is 23.2 Å². The molecular weight excluding hydrogens is 783 g/mol. The molecule has 300 valence electrons. The summed E-state index contributed by atoms with van der Waals surface area (Å²) < 4.78 is 18.8. The number of nitrogens with zero attached hydrogens (tertiary/aromatic N) is 2. The van der Waals surface area contributed by atoms with E-state index in [1.54, 1.807) is 29.2 Å². The van der Waals surface area contributed by atoms with Crippen molar-refractivity contribution >= 4 is 40.8 Å². The van der Waals surface area contributed by atoms with E-state index in [4.69, 9.17) is 37.4 Å². The number of hydrogen-bond donors (Lipinski definition) is 2. The zero-order valence-electron chi connectivity index (χ0n) is 33.1. The molecule has 5 aromatic carbocycles. The highest BCUT2D eigenvalue weighted by molar-refractivity contribution is 6.31. The van der Waals surface area contributed by atoms with Crippen molar-refractivity contribution in [3.8, 4) is 28.4 Å². The number of fused-ring (bicyclic) bond motifs is 2. The highest BCUT2D eigenvalue weighted by atomic mass is 35.5. The summed E-state index contributed by atoms with van der Waals surface area (Å²) in [5, 5.41) is 7.33. The molecule has 0 saturated carbocycles. The largest absolute Gasteiger partial charge is 0.489 e. The van der Waals surface area contributed by atoms with E-state index < -0.39 is 12.1 Å². The second kappa shape index (κ2) is 17.4. The van der Waals surface area contributed by atoms with Crippen LogP contribution in [0.25, 0.3) is 11.1 Å². The maximum Gasteiger partial charge on any atom is 0.322 e. The molecule has 2 atom stereocenters. The van der Waals surface area contributed by atoms with Gasteiger partial charge in [-0.1, -0.05) is 71.7 Å². The van der Waals surface area contributed by atoms with Gasteiger partial charge in [-0.15, -0.1) is 0 Å². The van der Waals surface area contributed by atoms with E-state index in [9.17, 15) is 9.59 Å². The second-order valence-electron chi connectivity index (χ2n) is 15.0. The lowest BCUT2D eigenvalue weighted by atomic mass is 9.92. The van der Waals surface area contributed by atoms with Crippen LogP contribution in [-0.2, 0) is 30.8 Å². The third kappa shape index (κ3) is 9.17. The number of amides is 3. The van der Waals surface area contributed by atoms with Gasteiger partial charge in [0.15, 0.2) is 17.6 Å². The first-order valence-electron chi connectivity index (χ1n) is 19.6. The Morgan fingerprint density at radius 2 is 1.59 bits per heavy atom. The molecule has 59 heavy (non-hydrogen) atoms. The van der Waals surface area contributed by atoms with Gasteiger partial charge < -0.3 is 29.7 Å². The summed E-state index contributed by atoms with van der Waals surface area (Å²) in [7, 11) is 0. The highest BCUT2D eigenvalue weighted by Gasteiger charge is 2.36. The van der Waals surface area contributed by atoms with Gasteiger partial charge >= 0.3 is 6.03 Å². The van der Waals surface area contributed by atoms with E-state index in [0.717, 1.165) is 61.5 Å². The molecule has 1 aromatic heterocycles. The summed E-state index contributed by atoms with van der Waals surface area (Å²) in [4.78, 5) is 33.8. The average Bonchev–Trinajstić information content (AvgIpc) is 3.25. The predicted octanol–water partition coefficient (Wildman–Crippen LogP) is 10.4. The lowest BCUT2D eigenvalue weighted by Gasteiger charge is -2.37. The Balaban J connectivity index is 0.944. The van der Waals surface area contributed by atoms with Crippen LogP contribution in [0.1, 0.15) is 50.7 Å². The van der Waals surface area contributed by atoms with Gasteiger partial charge in [0.2, 0.25) is 5.91 Å². The topological polar surface area (TPSA) is 102 Å². The van der Waals surface area contributed by atoms with Gasteiger partial charge in [0.05, 0.1) is 0 Å². The number of urea groups is 1. The Morgan fingerprint density at radius 3 is 2.36 bits per heavy atom. The van der Waals surface area contributed by atoms with Crippen molar-refractivity contribution in [2.75, 3.05) is 18.5 Å². The van der Waals surface area contributed by atoms with Gasteiger partial charge in [0.25, 0.3) is 0 Å². The molecule has 0 bridgehead atoms. The average molecular weight is 828 g/mol. The van der Waals surface area contributed by atoms with E-state index in [1.165, 1.54) is 0 Å². The van der Waals surface area contributed by atoms with Crippen LogP contribution < -0.4 is 24.8 Å². The van der Waals surface area contributed by atoms with Crippen LogP contribution in [0.15, 0.2) is 115 Å². The molecule has 0 saturated heterocycles.